The maximum absolute atomic E-state index is 6.10. The smallest absolute Gasteiger partial charge is 0.186 e. The molecule has 0 bridgehead atoms. The summed E-state index contributed by atoms with van der Waals surface area (Å²) in [6.07, 6.45) is 4.43. The van der Waals surface area contributed by atoms with Crippen LogP contribution >= 0.6 is 0 Å². The van der Waals surface area contributed by atoms with Crippen LogP contribution in [0, 0.1) is 0 Å². The molecular formula is C20H32O6. The first kappa shape index (κ1) is 22.8. The van der Waals surface area contributed by atoms with Crippen LogP contribution in [0.3, 0.4) is 0 Å². The van der Waals surface area contributed by atoms with Crippen molar-refractivity contribution in [1.82, 2.24) is 0 Å². The predicted molar refractivity (Wildman–Crippen MR) is 101 cm³/mol. The van der Waals surface area contributed by atoms with Crippen LogP contribution in [-0.4, -0.2) is 70.3 Å². The number of ether oxygens (including phenoxy) is 6. The third kappa shape index (κ3) is 7.15. The van der Waals surface area contributed by atoms with E-state index in [1.54, 1.807) is 24.3 Å². The van der Waals surface area contributed by atoms with Gasteiger partial charge in [0, 0.05) is 6.61 Å². The van der Waals surface area contributed by atoms with Gasteiger partial charge < -0.3 is 28.4 Å². The Bertz CT molecular complexity index is 425. The van der Waals surface area contributed by atoms with Gasteiger partial charge in [0.15, 0.2) is 6.29 Å². The molecule has 0 aliphatic carbocycles. The summed E-state index contributed by atoms with van der Waals surface area (Å²) in [5, 5.41) is 0. The van der Waals surface area contributed by atoms with Crippen molar-refractivity contribution in [3.63, 3.8) is 0 Å². The lowest BCUT2D eigenvalue weighted by Gasteiger charge is -2.45. The molecule has 0 aromatic rings. The summed E-state index contributed by atoms with van der Waals surface area (Å²) in [4.78, 5) is 0. The minimum Gasteiger partial charge on any atom is -0.375 e. The lowest BCUT2D eigenvalue weighted by molar-refractivity contribution is -0.318. The van der Waals surface area contributed by atoms with Gasteiger partial charge in [-0.3, -0.25) is 0 Å². The molecule has 26 heavy (non-hydrogen) atoms. The van der Waals surface area contributed by atoms with Crippen LogP contribution < -0.4 is 0 Å². The Morgan fingerprint density at radius 2 is 1.27 bits per heavy atom. The standard InChI is InChI=1S/C20H32O6/c1-6-11-21-15-16-17(23-12-7-2)18(24-13-8-3)19(25-14-9-4)20(26-16)22-10-5/h6-9,16-20H,1-4,10-15H2,5H3/t16?,17-,18?,19?,20-/m0/s1. The molecule has 1 rings (SSSR count). The Labute approximate surface area is 157 Å². The molecule has 6 heteroatoms. The summed E-state index contributed by atoms with van der Waals surface area (Å²) in [6, 6.07) is 0. The van der Waals surface area contributed by atoms with E-state index in [1.807, 2.05) is 6.92 Å². The first-order valence-corrected chi connectivity index (χ1v) is 8.86. The monoisotopic (exact) mass is 368 g/mol. The first-order valence-electron chi connectivity index (χ1n) is 8.86. The average Bonchev–Trinajstić information content (AvgIpc) is 2.65. The summed E-state index contributed by atoms with van der Waals surface area (Å²) in [6.45, 7) is 18.9. The molecule has 1 aliphatic rings. The Morgan fingerprint density at radius 1 is 0.731 bits per heavy atom. The molecular weight excluding hydrogens is 336 g/mol. The van der Waals surface area contributed by atoms with Gasteiger partial charge in [-0.25, -0.2) is 0 Å². The highest BCUT2D eigenvalue weighted by atomic mass is 16.7. The zero-order valence-electron chi connectivity index (χ0n) is 15.7. The predicted octanol–water partition coefficient (Wildman–Crippen LogP) is 2.66. The molecule has 3 unspecified atom stereocenters. The third-order valence-electron chi connectivity index (χ3n) is 3.66. The van der Waals surface area contributed by atoms with Crippen LogP contribution in [0.1, 0.15) is 6.92 Å². The van der Waals surface area contributed by atoms with Gasteiger partial charge in [-0.2, -0.15) is 0 Å². The molecule has 1 aliphatic heterocycles. The van der Waals surface area contributed by atoms with Gasteiger partial charge in [-0.05, 0) is 6.92 Å². The van der Waals surface area contributed by atoms with Crippen LogP contribution in [0.25, 0.3) is 0 Å². The highest BCUT2D eigenvalue weighted by Crippen LogP contribution is 2.29. The van der Waals surface area contributed by atoms with E-state index in [4.69, 9.17) is 28.4 Å². The van der Waals surface area contributed by atoms with Gasteiger partial charge in [0.05, 0.1) is 33.0 Å². The maximum atomic E-state index is 6.10. The quantitative estimate of drug-likeness (QED) is 0.327. The first-order chi connectivity index (χ1) is 12.7. The molecule has 0 aromatic heterocycles. The van der Waals surface area contributed by atoms with Gasteiger partial charge in [0.25, 0.3) is 0 Å². The average molecular weight is 368 g/mol. The van der Waals surface area contributed by atoms with Crippen molar-refractivity contribution in [3.8, 4) is 0 Å². The molecule has 0 saturated carbocycles. The number of hydrogen-bond acceptors (Lipinski definition) is 6. The lowest BCUT2D eigenvalue weighted by atomic mass is 9.98. The van der Waals surface area contributed by atoms with Crippen molar-refractivity contribution in [2.24, 2.45) is 0 Å². The van der Waals surface area contributed by atoms with Crippen LogP contribution in [0.4, 0.5) is 0 Å². The summed E-state index contributed by atoms with van der Waals surface area (Å²) in [5.41, 5.74) is 0. The second kappa shape index (κ2) is 13.9. The molecule has 0 radical (unpaired) electrons. The zero-order valence-corrected chi connectivity index (χ0v) is 15.7. The van der Waals surface area contributed by atoms with E-state index in [1.165, 1.54) is 0 Å². The molecule has 5 atom stereocenters. The topological polar surface area (TPSA) is 55.4 Å². The Morgan fingerprint density at radius 3 is 1.81 bits per heavy atom. The molecule has 1 heterocycles. The molecule has 148 valence electrons. The van der Waals surface area contributed by atoms with E-state index in [2.05, 4.69) is 26.3 Å². The van der Waals surface area contributed by atoms with E-state index in [0.717, 1.165) is 0 Å². The zero-order chi connectivity index (χ0) is 19.2. The summed E-state index contributed by atoms with van der Waals surface area (Å²) < 4.78 is 35.3. The van der Waals surface area contributed by atoms with Crippen LogP contribution in [0.5, 0.6) is 0 Å². The van der Waals surface area contributed by atoms with Gasteiger partial charge in [-0.1, -0.05) is 24.3 Å². The SMILES string of the molecule is C=CCOCC1O[C@H](OCC)C(OCC=C)C(OCC=C)[C@H]1OCC=C. The molecule has 0 N–H and O–H groups in total. The second-order valence-electron chi connectivity index (χ2n) is 5.58. The second-order valence-corrected chi connectivity index (χ2v) is 5.58. The Kier molecular flexibility index (Phi) is 12.1. The molecule has 1 saturated heterocycles. The Hall–Kier alpha value is -1.28. The third-order valence-corrected chi connectivity index (χ3v) is 3.66. The normalized spacial score (nSPS) is 28.4. The minimum absolute atomic E-state index is 0.319. The van der Waals surface area contributed by atoms with Gasteiger partial charge in [-0.15, -0.1) is 26.3 Å². The minimum atomic E-state index is -0.601. The van der Waals surface area contributed by atoms with Crippen LogP contribution in [0.15, 0.2) is 50.6 Å². The summed E-state index contributed by atoms with van der Waals surface area (Å²) in [5.74, 6) is 0. The van der Waals surface area contributed by atoms with Gasteiger partial charge >= 0.3 is 0 Å². The van der Waals surface area contributed by atoms with E-state index in [-0.39, 0.29) is 6.10 Å². The summed E-state index contributed by atoms with van der Waals surface area (Å²) in [7, 11) is 0. The van der Waals surface area contributed by atoms with Crippen LogP contribution in [0.2, 0.25) is 0 Å². The van der Waals surface area contributed by atoms with E-state index < -0.39 is 24.6 Å². The van der Waals surface area contributed by atoms with E-state index >= 15 is 0 Å². The van der Waals surface area contributed by atoms with Crippen molar-refractivity contribution in [2.75, 3.05) is 39.6 Å². The van der Waals surface area contributed by atoms with E-state index in [9.17, 15) is 0 Å². The fourth-order valence-electron chi connectivity index (χ4n) is 2.68. The van der Waals surface area contributed by atoms with Gasteiger partial charge in [0.2, 0.25) is 0 Å². The van der Waals surface area contributed by atoms with E-state index in [0.29, 0.717) is 39.6 Å². The highest BCUT2D eigenvalue weighted by Gasteiger charge is 2.48. The van der Waals surface area contributed by atoms with Crippen molar-refractivity contribution in [2.45, 2.75) is 37.6 Å². The fourth-order valence-corrected chi connectivity index (χ4v) is 2.68. The molecule has 0 aromatic carbocycles. The molecule has 1 fully saturated rings. The van der Waals surface area contributed by atoms with Crippen molar-refractivity contribution < 1.29 is 28.4 Å². The number of rotatable bonds is 15. The summed E-state index contributed by atoms with van der Waals surface area (Å²) >= 11 is 0. The largest absolute Gasteiger partial charge is 0.375 e. The number of hydrogen-bond donors (Lipinski definition) is 0. The maximum Gasteiger partial charge on any atom is 0.186 e. The molecule has 6 nitrogen and oxygen atoms in total. The van der Waals surface area contributed by atoms with Crippen LogP contribution in [-0.2, 0) is 28.4 Å². The highest BCUT2D eigenvalue weighted by molar-refractivity contribution is 4.94. The Balaban J connectivity index is 3.04. The van der Waals surface area contributed by atoms with Crippen molar-refractivity contribution in [3.05, 3.63) is 50.6 Å². The van der Waals surface area contributed by atoms with Crippen molar-refractivity contribution >= 4 is 0 Å². The fraction of sp³-hybridized carbons (Fsp3) is 0.600. The van der Waals surface area contributed by atoms with Gasteiger partial charge in [0.1, 0.15) is 24.4 Å². The molecule has 0 spiro atoms. The molecule has 0 amide bonds. The lowest BCUT2D eigenvalue weighted by Crippen LogP contribution is -2.62. The van der Waals surface area contributed by atoms with Crippen molar-refractivity contribution in [1.29, 1.82) is 0 Å².